The molecule has 0 unspecified atom stereocenters. The van der Waals surface area contributed by atoms with Crippen molar-refractivity contribution in [3.63, 3.8) is 0 Å². The van der Waals surface area contributed by atoms with E-state index in [9.17, 15) is 18.0 Å². The molecule has 2 N–H and O–H groups in total. The van der Waals surface area contributed by atoms with Crippen molar-refractivity contribution in [2.75, 3.05) is 7.11 Å². The number of nitrogens with zero attached hydrogens (tertiary/aromatic N) is 2. The zero-order chi connectivity index (χ0) is 15.6. The molecule has 0 aliphatic rings. The number of halogens is 3. The van der Waals surface area contributed by atoms with Gasteiger partial charge in [-0.1, -0.05) is 12.1 Å². The van der Waals surface area contributed by atoms with E-state index in [-0.39, 0.29) is 6.54 Å². The highest BCUT2D eigenvalue weighted by Crippen LogP contribution is 2.32. The van der Waals surface area contributed by atoms with Gasteiger partial charge in [-0.25, -0.2) is 0 Å². The van der Waals surface area contributed by atoms with Crippen LogP contribution in [0, 0.1) is 0 Å². The monoisotopic (exact) mass is 299 g/mol. The normalized spacial score (nSPS) is 11.4. The molecule has 0 radical (unpaired) electrons. The fourth-order valence-corrected chi connectivity index (χ4v) is 1.89. The number of amides is 1. The first-order valence-electron chi connectivity index (χ1n) is 5.88. The molecule has 0 bridgehead atoms. The van der Waals surface area contributed by atoms with Gasteiger partial charge in [0.25, 0.3) is 5.91 Å². The molecule has 2 aromatic rings. The number of methoxy groups -OCH3 is 1. The molecule has 1 amide bonds. The molecule has 0 fully saturated rings. The number of rotatable bonds is 4. The van der Waals surface area contributed by atoms with Crippen molar-refractivity contribution in [1.82, 2.24) is 9.78 Å². The number of hydrogen-bond donors (Lipinski definition) is 1. The summed E-state index contributed by atoms with van der Waals surface area (Å²) in [4.78, 5) is 11.1. The standard InChI is InChI=1S/C13H12F3N3O2/c1-21-9-4-2-8(3-5-9)7-19-11(13(14,15)16)10(6-18-19)12(17)20/h2-6H,7H2,1H3,(H2,17,20). The summed E-state index contributed by atoms with van der Waals surface area (Å²) in [6, 6.07) is 6.48. The molecule has 0 spiro atoms. The second kappa shape index (κ2) is 5.47. The third kappa shape index (κ3) is 3.15. The Kier molecular flexibility index (Phi) is 3.88. The van der Waals surface area contributed by atoms with Gasteiger partial charge in [0.1, 0.15) is 5.75 Å². The molecule has 1 aromatic carbocycles. The lowest BCUT2D eigenvalue weighted by Gasteiger charge is -2.12. The zero-order valence-corrected chi connectivity index (χ0v) is 11.0. The largest absolute Gasteiger partial charge is 0.497 e. The molecule has 0 saturated carbocycles. The molecule has 1 aromatic heterocycles. The fourth-order valence-electron chi connectivity index (χ4n) is 1.89. The number of carbonyl (C=O) groups is 1. The van der Waals surface area contributed by atoms with Crippen LogP contribution in [-0.2, 0) is 12.7 Å². The van der Waals surface area contributed by atoms with Crippen molar-refractivity contribution in [2.24, 2.45) is 5.73 Å². The molecule has 0 aliphatic carbocycles. The average Bonchev–Trinajstić information content (AvgIpc) is 2.83. The predicted molar refractivity (Wildman–Crippen MR) is 67.8 cm³/mol. The first-order valence-corrected chi connectivity index (χ1v) is 5.88. The van der Waals surface area contributed by atoms with Gasteiger partial charge < -0.3 is 10.5 Å². The number of alkyl halides is 3. The second-order valence-corrected chi connectivity index (χ2v) is 4.27. The van der Waals surface area contributed by atoms with E-state index in [1.54, 1.807) is 24.3 Å². The van der Waals surface area contributed by atoms with Gasteiger partial charge in [-0.15, -0.1) is 0 Å². The molecule has 0 saturated heterocycles. The van der Waals surface area contributed by atoms with Crippen molar-refractivity contribution < 1.29 is 22.7 Å². The Balaban J connectivity index is 2.37. The first-order chi connectivity index (χ1) is 9.82. The summed E-state index contributed by atoms with van der Waals surface area (Å²) in [6.45, 7) is -0.133. The highest BCUT2D eigenvalue weighted by molar-refractivity contribution is 5.93. The highest BCUT2D eigenvalue weighted by atomic mass is 19.4. The Morgan fingerprint density at radius 3 is 2.43 bits per heavy atom. The Bertz CT molecular complexity index is 648. The lowest BCUT2D eigenvalue weighted by Crippen LogP contribution is -2.21. The molecule has 112 valence electrons. The minimum Gasteiger partial charge on any atom is -0.497 e. The molecule has 1 heterocycles. The summed E-state index contributed by atoms with van der Waals surface area (Å²) < 4.78 is 44.8. The Morgan fingerprint density at radius 1 is 1.33 bits per heavy atom. The van der Waals surface area contributed by atoms with Crippen LogP contribution in [0.15, 0.2) is 30.5 Å². The maximum Gasteiger partial charge on any atom is 0.433 e. The summed E-state index contributed by atoms with van der Waals surface area (Å²) >= 11 is 0. The van der Waals surface area contributed by atoms with Crippen molar-refractivity contribution >= 4 is 5.91 Å². The van der Waals surface area contributed by atoms with E-state index in [0.717, 1.165) is 6.20 Å². The molecular formula is C13H12F3N3O2. The summed E-state index contributed by atoms with van der Waals surface area (Å²) in [7, 11) is 1.49. The van der Waals surface area contributed by atoms with E-state index in [2.05, 4.69) is 5.10 Å². The lowest BCUT2D eigenvalue weighted by atomic mass is 10.2. The number of benzene rings is 1. The molecule has 8 heteroatoms. The number of aromatic nitrogens is 2. The molecule has 0 atom stereocenters. The van der Waals surface area contributed by atoms with Crippen LogP contribution in [0.25, 0.3) is 0 Å². The molecule has 21 heavy (non-hydrogen) atoms. The van der Waals surface area contributed by atoms with Gasteiger partial charge in [0.15, 0.2) is 5.69 Å². The summed E-state index contributed by atoms with van der Waals surface area (Å²) in [6.07, 6.45) is -3.89. The Morgan fingerprint density at radius 2 is 1.95 bits per heavy atom. The summed E-state index contributed by atoms with van der Waals surface area (Å²) in [5.41, 5.74) is 3.74. The minimum atomic E-state index is -4.71. The third-order valence-electron chi connectivity index (χ3n) is 2.86. The van der Waals surface area contributed by atoms with Crippen molar-refractivity contribution in [1.29, 1.82) is 0 Å². The van der Waals surface area contributed by atoms with Gasteiger partial charge in [-0.3, -0.25) is 9.48 Å². The quantitative estimate of drug-likeness (QED) is 0.939. The van der Waals surface area contributed by atoms with Crippen molar-refractivity contribution in [3.05, 3.63) is 47.3 Å². The number of ether oxygens (including phenoxy) is 1. The summed E-state index contributed by atoms with van der Waals surface area (Å²) in [5, 5.41) is 3.61. The van der Waals surface area contributed by atoms with Crippen LogP contribution in [0.4, 0.5) is 13.2 Å². The van der Waals surface area contributed by atoms with Crippen LogP contribution in [0.1, 0.15) is 21.6 Å². The van der Waals surface area contributed by atoms with E-state index in [4.69, 9.17) is 10.5 Å². The summed E-state index contributed by atoms with van der Waals surface area (Å²) in [5.74, 6) is -0.573. The predicted octanol–water partition coefficient (Wildman–Crippen LogP) is 2.06. The zero-order valence-electron chi connectivity index (χ0n) is 11.0. The fraction of sp³-hybridized carbons (Fsp3) is 0.231. The molecule has 2 rings (SSSR count). The SMILES string of the molecule is COc1ccc(Cn2ncc(C(N)=O)c2C(F)(F)F)cc1. The number of nitrogens with two attached hydrogens (primary N) is 1. The Hall–Kier alpha value is -2.51. The number of hydrogen-bond acceptors (Lipinski definition) is 3. The van der Waals surface area contributed by atoms with Crippen LogP contribution >= 0.6 is 0 Å². The molecular weight excluding hydrogens is 287 g/mol. The van der Waals surface area contributed by atoms with Crippen LogP contribution in [0.5, 0.6) is 5.75 Å². The third-order valence-corrected chi connectivity index (χ3v) is 2.86. The van der Waals surface area contributed by atoms with Gasteiger partial charge in [-0.05, 0) is 17.7 Å². The van der Waals surface area contributed by atoms with Gasteiger partial charge in [0.05, 0.1) is 25.4 Å². The minimum absolute atomic E-state index is 0.133. The first kappa shape index (κ1) is 14.9. The van der Waals surface area contributed by atoms with Gasteiger partial charge in [-0.2, -0.15) is 18.3 Å². The lowest BCUT2D eigenvalue weighted by molar-refractivity contribution is -0.144. The van der Waals surface area contributed by atoms with Crippen LogP contribution in [0.3, 0.4) is 0 Å². The second-order valence-electron chi connectivity index (χ2n) is 4.27. The average molecular weight is 299 g/mol. The van der Waals surface area contributed by atoms with E-state index in [0.29, 0.717) is 16.0 Å². The number of primary amides is 1. The smallest absolute Gasteiger partial charge is 0.433 e. The Labute approximate surface area is 118 Å². The van der Waals surface area contributed by atoms with Gasteiger partial charge >= 0.3 is 6.18 Å². The van der Waals surface area contributed by atoms with Crippen molar-refractivity contribution in [2.45, 2.75) is 12.7 Å². The van der Waals surface area contributed by atoms with E-state index >= 15 is 0 Å². The van der Waals surface area contributed by atoms with Gasteiger partial charge in [0, 0.05) is 0 Å². The molecule has 5 nitrogen and oxygen atoms in total. The van der Waals surface area contributed by atoms with Gasteiger partial charge in [0.2, 0.25) is 0 Å². The van der Waals surface area contributed by atoms with Crippen LogP contribution in [0.2, 0.25) is 0 Å². The van der Waals surface area contributed by atoms with E-state index in [1.165, 1.54) is 7.11 Å². The topological polar surface area (TPSA) is 70.1 Å². The van der Waals surface area contributed by atoms with Crippen molar-refractivity contribution in [3.8, 4) is 5.75 Å². The van der Waals surface area contributed by atoms with E-state index < -0.39 is 23.3 Å². The maximum absolute atomic E-state index is 13.0. The molecule has 0 aliphatic heterocycles. The van der Waals surface area contributed by atoms with Crippen LogP contribution < -0.4 is 10.5 Å². The highest BCUT2D eigenvalue weighted by Gasteiger charge is 2.39. The maximum atomic E-state index is 13.0. The van der Waals surface area contributed by atoms with E-state index in [1.807, 2.05) is 0 Å². The number of carbonyl (C=O) groups excluding carboxylic acids is 1. The van der Waals surface area contributed by atoms with Crippen LogP contribution in [-0.4, -0.2) is 22.8 Å².